The molecule has 1 rings (SSSR count). The van der Waals surface area contributed by atoms with Crippen LogP contribution >= 0.6 is 0 Å². The van der Waals surface area contributed by atoms with Crippen molar-refractivity contribution in [1.82, 2.24) is 0 Å². The summed E-state index contributed by atoms with van der Waals surface area (Å²) in [5.74, 6) is 2.36. The van der Waals surface area contributed by atoms with E-state index in [4.69, 9.17) is 5.73 Å². The van der Waals surface area contributed by atoms with Crippen LogP contribution in [-0.4, -0.2) is 5.54 Å². The molecule has 0 radical (unpaired) electrons. The Morgan fingerprint density at radius 1 is 1.36 bits per heavy atom. The quantitative estimate of drug-likeness (QED) is 0.735. The summed E-state index contributed by atoms with van der Waals surface area (Å²) in [6.07, 6.45) is 6.45. The number of rotatable bonds is 3. The predicted octanol–water partition coefficient (Wildman–Crippen LogP) is 3.58. The maximum Gasteiger partial charge on any atom is 0.0182 e. The van der Waals surface area contributed by atoms with E-state index in [1.165, 1.54) is 32.1 Å². The van der Waals surface area contributed by atoms with Crippen molar-refractivity contribution in [3.63, 3.8) is 0 Å². The molecule has 0 aliphatic heterocycles. The third kappa shape index (κ3) is 2.50. The molecule has 1 heteroatoms. The van der Waals surface area contributed by atoms with E-state index < -0.39 is 0 Å². The average molecular weight is 197 g/mol. The van der Waals surface area contributed by atoms with Crippen molar-refractivity contribution in [2.24, 2.45) is 23.5 Å². The average Bonchev–Trinajstić information content (AvgIpc) is 2.16. The van der Waals surface area contributed by atoms with Crippen molar-refractivity contribution < 1.29 is 0 Å². The molecule has 0 amide bonds. The normalized spacial score (nSPS) is 36.0. The minimum atomic E-state index is 0.141. The summed E-state index contributed by atoms with van der Waals surface area (Å²) in [6, 6.07) is 0. The first-order chi connectivity index (χ1) is 6.49. The van der Waals surface area contributed by atoms with Crippen LogP contribution in [0.3, 0.4) is 0 Å². The standard InChI is InChI=1S/C13H27N/c1-5-11(4)13(14)8-6-7-12(9-13)10(2)3/h10-12H,5-9,14H2,1-4H3. The van der Waals surface area contributed by atoms with E-state index >= 15 is 0 Å². The zero-order valence-electron chi connectivity index (χ0n) is 10.3. The lowest BCUT2D eigenvalue weighted by Gasteiger charge is -2.43. The zero-order valence-corrected chi connectivity index (χ0v) is 10.3. The lowest BCUT2D eigenvalue weighted by Crippen LogP contribution is -2.50. The number of nitrogens with two attached hydrogens (primary N) is 1. The van der Waals surface area contributed by atoms with E-state index in [1.54, 1.807) is 0 Å². The highest BCUT2D eigenvalue weighted by Crippen LogP contribution is 2.39. The van der Waals surface area contributed by atoms with Gasteiger partial charge in [0, 0.05) is 5.54 Å². The lowest BCUT2D eigenvalue weighted by molar-refractivity contribution is 0.132. The highest BCUT2D eigenvalue weighted by molar-refractivity contribution is 4.94. The summed E-state index contributed by atoms with van der Waals surface area (Å²) in [4.78, 5) is 0. The molecule has 0 aromatic heterocycles. The highest BCUT2D eigenvalue weighted by atomic mass is 14.8. The fraction of sp³-hybridized carbons (Fsp3) is 1.00. The Morgan fingerprint density at radius 3 is 2.50 bits per heavy atom. The summed E-state index contributed by atoms with van der Waals surface area (Å²) in [6.45, 7) is 9.26. The first-order valence-corrected chi connectivity index (χ1v) is 6.28. The molecule has 2 N–H and O–H groups in total. The van der Waals surface area contributed by atoms with Crippen LogP contribution in [0, 0.1) is 17.8 Å². The molecule has 0 aromatic rings. The van der Waals surface area contributed by atoms with Crippen LogP contribution in [-0.2, 0) is 0 Å². The lowest BCUT2D eigenvalue weighted by atomic mass is 9.67. The molecular formula is C13H27N. The summed E-state index contributed by atoms with van der Waals surface area (Å²) in [5, 5.41) is 0. The van der Waals surface area contributed by atoms with Crippen molar-refractivity contribution >= 4 is 0 Å². The molecule has 1 saturated carbocycles. The summed E-state index contributed by atoms with van der Waals surface area (Å²) >= 11 is 0. The Balaban J connectivity index is 2.62. The van der Waals surface area contributed by atoms with Gasteiger partial charge in [0.25, 0.3) is 0 Å². The first kappa shape index (κ1) is 12.0. The molecule has 1 aliphatic carbocycles. The summed E-state index contributed by atoms with van der Waals surface area (Å²) in [5.41, 5.74) is 6.68. The molecular weight excluding hydrogens is 170 g/mol. The second-order valence-electron chi connectivity index (χ2n) is 5.64. The molecule has 0 spiro atoms. The van der Waals surface area contributed by atoms with Crippen molar-refractivity contribution in [2.75, 3.05) is 0 Å². The van der Waals surface area contributed by atoms with E-state index in [9.17, 15) is 0 Å². The van der Waals surface area contributed by atoms with E-state index in [1.807, 2.05) is 0 Å². The minimum absolute atomic E-state index is 0.141. The van der Waals surface area contributed by atoms with Gasteiger partial charge in [-0.2, -0.15) is 0 Å². The second-order valence-corrected chi connectivity index (χ2v) is 5.64. The molecule has 3 unspecified atom stereocenters. The van der Waals surface area contributed by atoms with Crippen molar-refractivity contribution in [2.45, 2.75) is 65.3 Å². The molecule has 1 nitrogen and oxygen atoms in total. The fourth-order valence-corrected chi connectivity index (χ4v) is 2.81. The Bertz CT molecular complexity index is 176. The fourth-order valence-electron chi connectivity index (χ4n) is 2.81. The Labute approximate surface area is 89.5 Å². The van der Waals surface area contributed by atoms with E-state index in [0.29, 0.717) is 5.92 Å². The third-order valence-corrected chi connectivity index (χ3v) is 4.40. The van der Waals surface area contributed by atoms with Gasteiger partial charge in [-0.25, -0.2) is 0 Å². The van der Waals surface area contributed by atoms with Gasteiger partial charge in [-0.15, -0.1) is 0 Å². The van der Waals surface area contributed by atoms with Crippen LogP contribution in [0.15, 0.2) is 0 Å². The van der Waals surface area contributed by atoms with Crippen molar-refractivity contribution in [3.8, 4) is 0 Å². The monoisotopic (exact) mass is 197 g/mol. The molecule has 0 saturated heterocycles. The van der Waals surface area contributed by atoms with Crippen LogP contribution < -0.4 is 5.73 Å². The second kappa shape index (κ2) is 4.65. The molecule has 3 atom stereocenters. The van der Waals surface area contributed by atoms with E-state index in [-0.39, 0.29) is 5.54 Å². The molecule has 84 valence electrons. The predicted molar refractivity (Wildman–Crippen MR) is 63.2 cm³/mol. The topological polar surface area (TPSA) is 26.0 Å². The van der Waals surface area contributed by atoms with Crippen LogP contribution in [0.5, 0.6) is 0 Å². The third-order valence-electron chi connectivity index (χ3n) is 4.40. The maximum atomic E-state index is 6.54. The van der Waals surface area contributed by atoms with Crippen LogP contribution in [0.2, 0.25) is 0 Å². The molecule has 0 heterocycles. The van der Waals surface area contributed by atoms with Crippen LogP contribution in [0.25, 0.3) is 0 Å². The Hall–Kier alpha value is -0.0400. The van der Waals surface area contributed by atoms with Gasteiger partial charge in [-0.3, -0.25) is 0 Å². The van der Waals surface area contributed by atoms with Gasteiger partial charge >= 0.3 is 0 Å². The largest absolute Gasteiger partial charge is 0.325 e. The highest BCUT2D eigenvalue weighted by Gasteiger charge is 2.37. The van der Waals surface area contributed by atoms with Gasteiger partial charge in [0.2, 0.25) is 0 Å². The molecule has 14 heavy (non-hydrogen) atoms. The van der Waals surface area contributed by atoms with Gasteiger partial charge in [-0.05, 0) is 30.6 Å². The molecule has 0 bridgehead atoms. The van der Waals surface area contributed by atoms with E-state index in [0.717, 1.165) is 11.8 Å². The van der Waals surface area contributed by atoms with Crippen LogP contribution in [0.1, 0.15) is 59.8 Å². The van der Waals surface area contributed by atoms with E-state index in [2.05, 4.69) is 27.7 Å². The maximum absolute atomic E-state index is 6.54. The summed E-state index contributed by atoms with van der Waals surface area (Å²) in [7, 11) is 0. The molecule has 0 aromatic carbocycles. The van der Waals surface area contributed by atoms with Gasteiger partial charge in [-0.1, -0.05) is 47.0 Å². The number of hydrogen-bond donors (Lipinski definition) is 1. The van der Waals surface area contributed by atoms with Gasteiger partial charge < -0.3 is 5.73 Å². The van der Waals surface area contributed by atoms with Crippen molar-refractivity contribution in [3.05, 3.63) is 0 Å². The SMILES string of the molecule is CCC(C)C1(N)CCCC(C(C)C)C1. The first-order valence-electron chi connectivity index (χ1n) is 6.28. The Morgan fingerprint density at radius 2 is 2.00 bits per heavy atom. The minimum Gasteiger partial charge on any atom is -0.325 e. The van der Waals surface area contributed by atoms with Gasteiger partial charge in [0.15, 0.2) is 0 Å². The van der Waals surface area contributed by atoms with Crippen molar-refractivity contribution in [1.29, 1.82) is 0 Å². The molecule has 1 aliphatic rings. The Kier molecular flexibility index (Phi) is 4.00. The molecule has 1 fully saturated rings. The summed E-state index contributed by atoms with van der Waals surface area (Å²) < 4.78 is 0. The zero-order chi connectivity index (χ0) is 10.8. The number of hydrogen-bond acceptors (Lipinski definition) is 1. The smallest absolute Gasteiger partial charge is 0.0182 e. The van der Waals surface area contributed by atoms with Gasteiger partial charge in [0.05, 0.1) is 0 Å². The van der Waals surface area contributed by atoms with Crippen LogP contribution in [0.4, 0.5) is 0 Å². The van der Waals surface area contributed by atoms with Gasteiger partial charge in [0.1, 0.15) is 0 Å².